The predicted octanol–water partition coefficient (Wildman–Crippen LogP) is 3.11. The number of hydrogen-bond acceptors (Lipinski definition) is 2. The summed E-state index contributed by atoms with van der Waals surface area (Å²) in [7, 11) is 1.70. The molecule has 18 heavy (non-hydrogen) atoms. The lowest BCUT2D eigenvalue weighted by Crippen LogP contribution is -2.49. The Balaban J connectivity index is 2.51. The summed E-state index contributed by atoms with van der Waals surface area (Å²) in [5, 5.41) is 3.11. The summed E-state index contributed by atoms with van der Waals surface area (Å²) in [5.74, 6) is 0.652. The Morgan fingerprint density at radius 1 is 1.44 bits per heavy atom. The van der Waals surface area contributed by atoms with Crippen molar-refractivity contribution in [3.63, 3.8) is 0 Å². The second-order valence-electron chi connectivity index (χ2n) is 6.38. The van der Waals surface area contributed by atoms with Gasteiger partial charge in [-0.3, -0.25) is 4.79 Å². The summed E-state index contributed by atoms with van der Waals surface area (Å²) >= 11 is 5.81. The van der Waals surface area contributed by atoms with Crippen molar-refractivity contribution in [1.82, 2.24) is 5.32 Å². The van der Waals surface area contributed by atoms with Gasteiger partial charge in [0, 0.05) is 19.0 Å². The second-order valence-corrected chi connectivity index (χ2v) is 6.76. The van der Waals surface area contributed by atoms with Gasteiger partial charge in [0.25, 0.3) is 0 Å². The molecule has 0 radical (unpaired) electrons. The smallest absolute Gasteiger partial charge is 0.223 e. The minimum Gasteiger partial charge on any atom is -0.378 e. The van der Waals surface area contributed by atoms with E-state index in [0.717, 1.165) is 25.7 Å². The number of nitrogens with one attached hydrogen (secondary N) is 1. The summed E-state index contributed by atoms with van der Waals surface area (Å²) in [6.45, 7) is 6.37. The molecule has 4 heteroatoms. The van der Waals surface area contributed by atoms with E-state index in [-0.39, 0.29) is 23.0 Å². The van der Waals surface area contributed by atoms with Crippen LogP contribution in [0.2, 0.25) is 0 Å². The van der Waals surface area contributed by atoms with E-state index >= 15 is 0 Å². The van der Waals surface area contributed by atoms with Crippen molar-refractivity contribution >= 4 is 17.5 Å². The van der Waals surface area contributed by atoms with E-state index in [0.29, 0.717) is 12.3 Å². The van der Waals surface area contributed by atoms with Gasteiger partial charge < -0.3 is 10.1 Å². The number of halogens is 1. The maximum atomic E-state index is 12.1. The minimum atomic E-state index is -0.201. The third-order valence-electron chi connectivity index (χ3n) is 3.96. The fraction of sp³-hybridized carbons (Fsp3) is 0.929. The largest absolute Gasteiger partial charge is 0.378 e. The Bertz CT molecular complexity index is 276. The Morgan fingerprint density at radius 3 is 2.39 bits per heavy atom. The third kappa shape index (κ3) is 4.13. The zero-order valence-electron chi connectivity index (χ0n) is 12.0. The molecule has 3 nitrogen and oxygen atoms in total. The van der Waals surface area contributed by atoms with Gasteiger partial charge in [-0.1, -0.05) is 20.8 Å². The van der Waals surface area contributed by atoms with Crippen LogP contribution in [0.3, 0.4) is 0 Å². The predicted molar refractivity (Wildman–Crippen MR) is 74.9 cm³/mol. The van der Waals surface area contributed by atoms with Crippen molar-refractivity contribution < 1.29 is 9.53 Å². The molecule has 0 bridgehead atoms. The maximum absolute atomic E-state index is 12.1. The molecule has 1 unspecified atom stereocenters. The first-order valence-electron chi connectivity index (χ1n) is 6.73. The monoisotopic (exact) mass is 275 g/mol. The Labute approximate surface area is 116 Å². The molecule has 0 aromatic heterocycles. The van der Waals surface area contributed by atoms with Gasteiger partial charge in [0.05, 0.1) is 12.0 Å². The highest BCUT2D eigenvalue weighted by Gasteiger charge is 2.39. The normalized spacial score (nSPS) is 20.1. The molecule has 1 saturated carbocycles. The molecule has 0 aliphatic heterocycles. The van der Waals surface area contributed by atoms with Crippen LogP contribution in [0.15, 0.2) is 0 Å². The number of rotatable bonds is 6. The third-order valence-corrected chi connectivity index (χ3v) is 4.18. The zero-order chi connectivity index (χ0) is 13.8. The van der Waals surface area contributed by atoms with E-state index in [1.807, 2.05) is 0 Å². The molecule has 1 fully saturated rings. The quantitative estimate of drug-likeness (QED) is 0.757. The molecule has 1 atom stereocenters. The van der Waals surface area contributed by atoms with Crippen molar-refractivity contribution in [3.8, 4) is 0 Å². The van der Waals surface area contributed by atoms with E-state index in [1.165, 1.54) is 0 Å². The van der Waals surface area contributed by atoms with Crippen LogP contribution in [0.4, 0.5) is 0 Å². The van der Waals surface area contributed by atoms with E-state index < -0.39 is 0 Å². The van der Waals surface area contributed by atoms with E-state index in [9.17, 15) is 4.79 Å². The van der Waals surface area contributed by atoms with Crippen LogP contribution in [0.25, 0.3) is 0 Å². The lowest BCUT2D eigenvalue weighted by molar-refractivity contribution is -0.135. The number of ether oxygens (including phenoxy) is 1. The van der Waals surface area contributed by atoms with Gasteiger partial charge in [0.2, 0.25) is 5.91 Å². The molecule has 1 aliphatic rings. The highest BCUT2D eigenvalue weighted by atomic mass is 35.5. The summed E-state index contributed by atoms with van der Waals surface area (Å²) in [6, 6.07) is 0.122. The Kier molecular flexibility index (Phi) is 5.47. The Hall–Kier alpha value is -0.280. The second kappa shape index (κ2) is 6.25. The van der Waals surface area contributed by atoms with E-state index in [4.69, 9.17) is 16.3 Å². The standard InChI is InChI=1S/C14H26ClNO2/c1-13(2,3)11(6-9-15)16-12(17)10-14(18-4)7-5-8-14/h11H,5-10H2,1-4H3,(H,16,17). The molecule has 1 N–H and O–H groups in total. The molecule has 1 rings (SSSR count). The summed E-state index contributed by atoms with van der Waals surface area (Å²) in [4.78, 5) is 12.1. The zero-order valence-corrected chi connectivity index (χ0v) is 12.8. The van der Waals surface area contributed by atoms with Gasteiger partial charge in [-0.15, -0.1) is 11.6 Å². The summed E-state index contributed by atoms with van der Waals surface area (Å²) in [6.07, 6.45) is 4.42. The van der Waals surface area contributed by atoms with Crippen LogP contribution in [-0.2, 0) is 9.53 Å². The van der Waals surface area contributed by atoms with Crippen LogP contribution >= 0.6 is 11.6 Å². The number of hydrogen-bond donors (Lipinski definition) is 1. The fourth-order valence-corrected chi connectivity index (χ4v) is 2.61. The van der Waals surface area contributed by atoms with Crippen molar-refractivity contribution in [3.05, 3.63) is 0 Å². The molecule has 0 heterocycles. The van der Waals surface area contributed by atoms with Crippen molar-refractivity contribution in [2.75, 3.05) is 13.0 Å². The minimum absolute atomic E-state index is 0.0321. The highest BCUT2D eigenvalue weighted by molar-refractivity contribution is 6.17. The molecule has 1 amide bonds. The van der Waals surface area contributed by atoms with Gasteiger partial charge in [-0.2, -0.15) is 0 Å². The first-order chi connectivity index (χ1) is 8.33. The van der Waals surface area contributed by atoms with Crippen LogP contribution in [0, 0.1) is 5.41 Å². The van der Waals surface area contributed by atoms with Gasteiger partial charge in [-0.05, 0) is 31.1 Å². The number of methoxy groups -OCH3 is 1. The SMILES string of the molecule is COC1(CC(=O)NC(CCCl)C(C)(C)C)CCC1. The molecule has 0 saturated heterocycles. The molecular formula is C14H26ClNO2. The first kappa shape index (κ1) is 15.8. The van der Waals surface area contributed by atoms with Gasteiger partial charge in [-0.25, -0.2) is 0 Å². The highest BCUT2D eigenvalue weighted by Crippen LogP contribution is 2.38. The van der Waals surface area contributed by atoms with E-state index in [2.05, 4.69) is 26.1 Å². The summed E-state index contributed by atoms with van der Waals surface area (Å²) in [5.41, 5.74) is -0.169. The van der Waals surface area contributed by atoms with Crippen LogP contribution in [0.1, 0.15) is 52.9 Å². The maximum Gasteiger partial charge on any atom is 0.223 e. The molecule has 0 aromatic carbocycles. The number of carbonyl (C=O) groups excluding carboxylic acids is 1. The number of carbonyl (C=O) groups is 1. The first-order valence-corrected chi connectivity index (χ1v) is 7.27. The number of amides is 1. The van der Waals surface area contributed by atoms with Crippen molar-refractivity contribution in [2.24, 2.45) is 5.41 Å². The van der Waals surface area contributed by atoms with Gasteiger partial charge in [0.15, 0.2) is 0 Å². The average Bonchev–Trinajstić information content (AvgIpc) is 2.21. The van der Waals surface area contributed by atoms with Crippen molar-refractivity contribution in [2.45, 2.75) is 64.5 Å². The Morgan fingerprint density at radius 2 is 2.06 bits per heavy atom. The molecular weight excluding hydrogens is 250 g/mol. The van der Waals surface area contributed by atoms with Crippen LogP contribution in [-0.4, -0.2) is 30.5 Å². The molecule has 0 aromatic rings. The lowest BCUT2D eigenvalue weighted by atomic mass is 9.77. The molecule has 106 valence electrons. The van der Waals surface area contributed by atoms with Gasteiger partial charge in [0.1, 0.15) is 0 Å². The molecule has 0 spiro atoms. The topological polar surface area (TPSA) is 38.3 Å². The van der Waals surface area contributed by atoms with Crippen molar-refractivity contribution in [1.29, 1.82) is 0 Å². The van der Waals surface area contributed by atoms with Crippen LogP contribution < -0.4 is 5.32 Å². The van der Waals surface area contributed by atoms with E-state index in [1.54, 1.807) is 7.11 Å². The fourth-order valence-electron chi connectivity index (χ4n) is 2.39. The number of alkyl halides is 1. The molecule has 1 aliphatic carbocycles. The van der Waals surface area contributed by atoms with Gasteiger partial charge >= 0.3 is 0 Å². The average molecular weight is 276 g/mol. The lowest BCUT2D eigenvalue weighted by Gasteiger charge is -2.41. The van der Waals surface area contributed by atoms with Crippen LogP contribution in [0.5, 0.6) is 0 Å². The summed E-state index contributed by atoms with van der Waals surface area (Å²) < 4.78 is 5.48.